The van der Waals surface area contributed by atoms with E-state index in [1.807, 2.05) is 6.20 Å². The van der Waals surface area contributed by atoms with Gasteiger partial charge in [-0.1, -0.05) is 6.92 Å². The summed E-state index contributed by atoms with van der Waals surface area (Å²) >= 11 is 0. The van der Waals surface area contributed by atoms with E-state index < -0.39 is 0 Å². The molecule has 3 rings (SSSR count). The first kappa shape index (κ1) is 13.8. The van der Waals surface area contributed by atoms with Crippen molar-refractivity contribution in [1.29, 1.82) is 0 Å². The number of hydrogen-bond acceptors (Lipinski definition) is 4. The van der Waals surface area contributed by atoms with Gasteiger partial charge in [0, 0.05) is 38.8 Å². The molecular formula is C16H26N4. The van der Waals surface area contributed by atoms with Crippen LogP contribution in [-0.2, 0) is 0 Å². The highest BCUT2D eigenvalue weighted by Crippen LogP contribution is 2.30. The summed E-state index contributed by atoms with van der Waals surface area (Å²) in [6.45, 7) is 8.02. The normalized spacial score (nSPS) is 22.0. The maximum Gasteiger partial charge on any atom is 0.0572 e. The number of pyridine rings is 1. The monoisotopic (exact) mass is 274 g/mol. The van der Waals surface area contributed by atoms with Crippen molar-refractivity contribution in [3.63, 3.8) is 0 Å². The molecule has 1 unspecified atom stereocenters. The maximum absolute atomic E-state index is 6.01. The van der Waals surface area contributed by atoms with Crippen LogP contribution in [-0.4, -0.2) is 42.6 Å². The van der Waals surface area contributed by atoms with Gasteiger partial charge in [0.25, 0.3) is 0 Å². The van der Waals surface area contributed by atoms with Crippen LogP contribution in [0.3, 0.4) is 0 Å². The fourth-order valence-corrected chi connectivity index (χ4v) is 2.87. The van der Waals surface area contributed by atoms with Crippen LogP contribution in [0, 0.1) is 5.92 Å². The molecule has 1 aliphatic carbocycles. The molecule has 0 aromatic carbocycles. The number of rotatable bonds is 5. The van der Waals surface area contributed by atoms with Gasteiger partial charge >= 0.3 is 0 Å². The minimum atomic E-state index is 0.0689. The van der Waals surface area contributed by atoms with E-state index in [0.29, 0.717) is 0 Å². The van der Waals surface area contributed by atoms with Gasteiger partial charge in [-0.2, -0.15) is 0 Å². The Kier molecular flexibility index (Phi) is 4.22. The van der Waals surface area contributed by atoms with Crippen LogP contribution in [0.5, 0.6) is 0 Å². The third-order valence-electron chi connectivity index (χ3n) is 4.54. The molecule has 0 radical (unpaired) electrons. The minimum absolute atomic E-state index is 0.0689. The summed E-state index contributed by atoms with van der Waals surface area (Å²) in [7, 11) is 0. The molecule has 4 nitrogen and oxygen atoms in total. The molecule has 2 aliphatic rings. The number of aromatic nitrogens is 1. The highest BCUT2D eigenvalue weighted by atomic mass is 15.3. The topological polar surface area (TPSA) is 45.4 Å². The van der Waals surface area contributed by atoms with E-state index in [4.69, 9.17) is 5.73 Å². The number of nitrogens with two attached hydrogens (primary N) is 1. The third-order valence-corrected chi connectivity index (χ3v) is 4.54. The van der Waals surface area contributed by atoms with Crippen molar-refractivity contribution in [1.82, 2.24) is 9.88 Å². The molecule has 4 heteroatoms. The first-order valence-corrected chi connectivity index (χ1v) is 7.95. The Labute approximate surface area is 122 Å². The molecule has 1 aromatic heterocycles. The predicted molar refractivity (Wildman–Crippen MR) is 82.8 cm³/mol. The lowest BCUT2D eigenvalue weighted by atomic mass is 10.1. The highest BCUT2D eigenvalue weighted by molar-refractivity contribution is 5.45. The van der Waals surface area contributed by atoms with Gasteiger partial charge in [0.2, 0.25) is 0 Å². The SMILES string of the molecule is CCC(N)c1ccc(N2CCN(CC3CC3)CC2)cn1. The van der Waals surface area contributed by atoms with Gasteiger partial charge in [-0.25, -0.2) is 0 Å². The van der Waals surface area contributed by atoms with Gasteiger partial charge in [-0.15, -0.1) is 0 Å². The van der Waals surface area contributed by atoms with E-state index in [9.17, 15) is 0 Å². The van der Waals surface area contributed by atoms with Gasteiger partial charge in [-0.3, -0.25) is 9.88 Å². The summed E-state index contributed by atoms with van der Waals surface area (Å²) in [6.07, 6.45) is 5.82. The summed E-state index contributed by atoms with van der Waals surface area (Å²) in [5.41, 5.74) is 8.25. The summed E-state index contributed by atoms with van der Waals surface area (Å²) in [6, 6.07) is 4.33. The molecule has 1 aliphatic heterocycles. The molecule has 1 atom stereocenters. The number of hydrogen-bond donors (Lipinski definition) is 1. The summed E-state index contributed by atoms with van der Waals surface area (Å²) in [5, 5.41) is 0. The van der Waals surface area contributed by atoms with E-state index >= 15 is 0 Å². The molecule has 110 valence electrons. The smallest absolute Gasteiger partial charge is 0.0572 e. The molecule has 1 aromatic rings. The van der Waals surface area contributed by atoms with E-state index in [-0.39, 0.29) is 6.04 Å². The van der Waals surface area contributed by atoms with Crippen LogP contribution in [0.25, 0.3) is 0 Å². The Morgan fingerprint density at radius 2 is 2.00 bits per heavy atom. The molecule has 0 amide bonds. The lowest BCUT2D eigenvalue weighted by molar-refractivity contribution is 0.248. The van der Waals surface area contributed by atoms with Gasteiger partial charge in [-0.05, 0) is 37.3 Å². The van der Waals surface area contributed by atoms with Crippen molar-refractivity contribution in [3.05, 3.63) is 24.0 Å². The fourth-order valence-electron chi connectivity index (χ4n) is 2.87. The predicted octanol–water partition coefficient (Wildman–Crippen LogP) is 2.02. The van der Waals surface area contributed by atoms with E-state index in [2.05, 4.69) is 33.8 Å². The standard InChI is InChI=1S/C16H26N4/c1-2-15(17)16-6-5-14(11-18-16)20-9-7-19(8-10-20)12-13-3-4-13/h5-6,11,13,15H,2-4,7-10,12,17H2,1H3. The first-order valence-electron chi connectivity index (χ1n) is 7.95. The van der Waals surface area contributed by atoms with Crippen LogP contribution in [0.15, 0.2) is 18.3 Å². The van der Waals surface area contributed by atoms with E-state index in [0.717, 1.165) is 31.1 Å². The van der Waals surface area contributed by atoms with E-state index in [1.54, 1.807) is 0 Å². The highest BCUT2D eigenvalue weighted by Gasteiger charge is 2.26. The second-order valence-electron chi connectivity index (χ2n) is 6.19. The van der Waals surface area contributed by atoms with Gasteiger partial charge in [0.1, 0.15) is 0 Å². The number of piperazine rings is 1. The summed E-state index contributed by atoms with van der Waals surface area (Å²) in [5.74, 6) is 0.998. The quantitative estimate of drug-likeness (QED) is 0.892. The van der Waals surface area contributed by atoms with Crippen molar-refractivity contribution in [2.45, 2.75) is 32.2 Å². The molecule has 2 N–H and O–H groups in total. The van der Waals surface area contributed by atoms with Crippen LogP contribution < -0.4 is 10.6 Å². The van der Waals surface area contributed by atoms with Gasteiger partial charge in [0.05, 0.1) is 17.6 Å². The minimum Gasteiger partial charge on any atom is -0.368 e. The second-order valence-corrected chi connectivity index (χ2v) is 6.19. The molecule has 2 fully saturated rings. The van der Waals surface area contributed by atoms with Crippen LogP contribution in [0.4, 0.5) is 5.69 Å². The zero-order chi connectivity index (χ0) is 13.9. The Hall–Kier alpha value is -1.13. The third kappa shape index (κ3) is 3.30. The summed E-state index contributed by atoms with van der Waals surface area (Å²) < 4.78 is 0. The largest absolute Gasteiger partial charge is 0.368 e. The van der Waals surface area contributed by atoms with Crippen LogP contribution in [0.1, 0.15) is 37.9 Å². The lowest BCUT2D eigenvalue weighted by Crippen LogP contribution is -2.47. The van der Waals surface area contributed by atoms with Crippen molar-refractivity contribution in [3.8, 4) is 0 Å². The van der Waals surface area contributed by atoms with Crippen LogP contribution in [0.2, 0.25) is 0 Å². The maximum atomic E-state index is 6.01. The second kappa shape index (κ2) is 6.10. The zero-order valence-electron chi connectivity index (χ0n) is 12.5. The molecule has 0 bridgehead atoms. The van der Waals surface area contributed by atoms with Crippen LogP contribution >= 0.6 is 0 Å². The Morgan fingerprint density at radius 3 is 2.55 bits per heavy atom. The molecule has 1 saturated heterocycles. The Morgan fingerprint density at radius 1 is 1.25 bits per heavy atom. The van der Waals surface area contributed by atoms with Gasteiger partial charge in [0.15, 0.2) is 0 Å². The fraction of sp³-hybridized carbons (Fsp3) is 0.688. The Bertz CT molecular complexity index is 419. The van der Waals surface area contributed by atoms with Crippen molar-refractivity contribution in [2.24, 2.45) is 11.7 Å². The zero-order valence-corrected chi connectivity index (χ0v) is 12.5. The lowest BCUT2D eigenvalue weighted by Gasteiger charge is -2.36. The molecular weight excluding hydrogens is 248 g/mol. The summed E-state index contributed by atoms with van der Waals surface area (Å²) in [4.78, 5) is 9.58. The molecule has 1 saturated carbocycles. The van der Waals surface area contributed by atoms with Crippen molar-refractivity contribution >= 4 is 5.69 Å². The number of anilines is 1. The average Bonchev–Trinajstić information content (AvgIpc) is 3.31. The molecule has 20 heavy (non-hydrogen) atoms. The number of nitrogens with zero attached hydrogens (tertiary/aromatic N) is 3. The molecule has 0 spiro atoms. The molecule has 2 heterocycles. The average molecular weight is 274 g/mol. The van der Waals surface area contributed by atoms with Crippen molar-refractivity contribution in [2.75, 3.05) is 37.6 Å². The van der Waals surface area contributed by atoms with Gasteiger partial charge < -0.3 is 10.6 Å². The Balaban J connectivity index is 1.54. The first-order chi connectivity index (χ1) is 9.76. The van der Waals surface area contributed by atoms with Crippen molar-refractivity contribution < 1.29 is 0 Å². The van der Waals surface area contributed by atoms with E-state index in [1.165, 1.54) is 38.2 Å².